The Kier molecular flexibility index (Phi) is 3.74. The number of rotatable bonds is 3. The van der Waals surface area contributed by atoms with Crippen molar-refractivity contribution in [1.82, 2.24) is 9.55 Å². The number of halogens is 1. The zero-order chi connectivity index (χ0) is 13.2. The zero-order valence-corrected chi connectivity index (χ0v) is 9.95. The van der Waals surface area contributed by atoms with Gasteiger partial charge in [0.1, 0.15) is 5.02 Å². The molecule has 0 radical (unpaired) electrons. The van der Waals surface area contributed by atoms with E-state index in [1.165, 1.54) is 6.92 Å². The molecule has 0 saturated heterocycles. The Morgan fingerprint density at radius 2 is 2.24 bits per heavy atom. The summed E-state index contributed by atoms with van der Waals surface area (Å²) < 4.78 is 5.29. The summed E-state index contributed by atoms with van der Waals surface area (Å²) in [4.78, 5) is 35.5. The first-order valence-electron chi connectivity index (χ1n) is 4.58. The first-order valence-corrected chi connectivity index (χ1v) is 4.96. The summed E-state index contributed by atoms with van der Waals surface area (Å²) in [6.45, 7) is 0.805. The molecular formula is C9H11ClN2O5. The van der Waals surface area contributed by atoms with Crippen molar-refractivity contribution < 1.29 is 14.6 Å². The molecule has 1 atom stereocenters. The fourth-order valence-electron chi connectivity index (χ4n) is 1.22. The van der Waals surface area contributed by atoms with Crippen LogP contribution in [-0.2, 0) is 16.1 Å². The Morgan fingerprint density at radius 3 is 2.76 bits per heavy atom. The number of aromatic nitrogens is 2. The van der Waals surface area contributed by atoms with Crippen LogP contribution in [0.25, 0.3) is 0 Å². The SMILES string of the molecule is COC(=O)C(C)(O)Cn1cc(Cl)c(=O)[nH]c1=O. The molecule has 0 bridgehead atoms. The number of nitrogens with zero attached hydrogens (tertiary/aromatic N) is 1. The highest BCUT2D eigenvalue weighted by atomic mass is 35.5. The van der Waals surface area contributed by atoms with Gasteiger partial charge >= 0.3 is 11.7 Å². The molecule has 17 heavy (non-hydrogen) atoms. The molecule has 7 nitrogen and oxygen atoms in total. The molecule has 1 heterocycles. The number of esters is 1. The number of hydrogen-bond donors (Lipinski definition) is 2. The summed E-state index contributed by atoms with van der Waals surface area (Å²) in [6.07, 6.45) is 1.04. The van der Waals surface area contributed by atoms with Crippen LogP contribution in [0.2, 0.25) is 5.02 Å². The van der Waals surface area contributed by atoms with Crippen molar-refractivity contribution in [3.8, 4) is 0 Å². The Balaban J connectivity index is 3.12. The fraction of sp³-hybridized carbons (Fsp3) is 0.444. The van der Waals surface area contributed by atoms with Crippen LogP contribution in [-0.4, -0.2) is 33.3 Å². The molecule has 1 unspecified atom stereocenters. The first kappa shape index (κ1) is 13.5. The molecule has 1 aromatic rings. The number of H-pyrrole nitrogens is 1. The highest BCUT2D eigenvalue weighted by Gasteiger charge is 2.32. The lowest BCUT2D eigenvalue weighted by molar-refractivity contribution is -0.161. The van der Waals surface area contributed by atoms with Crippen LogP contribution in [0.3, 0.4) is 0 Å². The second-order valence-corrected chi connectivity index (χ2v) is 4.04. The molecule has 94 valence electrons. The van der Waals surface area contributed by atoms with E-state index in [2.05, 4.69) is 4.74 Å². The zero-order valence-electron chi connectivity index (χ0n) is 9.19. The van der Waals surface area contributed by atoms with Gasteiger partial charge in [-0.15, -0.1) is 0 Å². The summed E-state index contributed by atoms with van der Waals surface area (Å²) in [5.74, 6) is -0.897. The summed E-state index contributed by atoms with van der Waals surface area (Å²) in [5.41, 5.74) is -3.39. The van der Waals surface area contributed by atoms with E-state index >= 15 is 0 Å². The lowest BCUT2D eigenvalue weighted by Crippen LogP contribution is -2.44. The van der Waals surface area contributed by atoms with E-state index in [1.54, 1.807) is 0 Å². The molecule has 0 aliphatic rings. The number of carbonyl (C=O) groups excluding carboxylic acids is 1. The Labute approximate surface area is 101 Å². The van der Waals surface area contributed by atoms with E-state index in [1.807, 2.05) is 4.98 Å². The Hall–Kier alpha value is -1.60. The summed E-state index contributed by atoms with van der Waals surface area (Å²) >= 11 is 5.53. The molecule has 0 amide bonds. The van der Waals surface area contributed by atoms with Crippen LogP contribution < -0.4 is 11.2 Å². The van der Waals surface area contributed by atoms with Crippen LogP contribution in [0.1, 0.15) is 6.92 Å². The standard InChI is InChI=1S/C9H11ClN2O5/c1-9(16,7(14)17-2)4-12-3-5(10)6(13)11-8(12)15/h3,16H,4H2,1-2H3,(H,11,13,15). The largest absolute Gasteiger partial charge is 0.467 e. The molecule has 0 aliphatic heterocycles. The van der Waals surface area contributed by atoms with E-state index in [-0.39, 0.29) is 11.6 Å². The Morgan fingerprint density at radius 1 is 1.65 bits per heavy atom. The number of carbonyl (C=O) groups is 1. The lowest BCUT2D eigenvalue weighted by Gasteiger charge is -2.20. The number of ether oxygens (including phenoxy) is 1. The van der Waals surface area contributed by atoms with E-state index in [0.29, 0.717) is 0 Å². The maximum atomic E-state index is 11.4. The third-order valence-corrected chi connectivity index (χ3v) is 2.34. The van der Waals surface area contributed by atoms with Crippen molar-refractivity contribution >= 4 is 17.6 Å². The molecule has 0 fully saturated rings. The van der Waals surface area contributed by atoms with Gasteiger partial charge in [-0.3, -0.25) is 14.3 Å². The van der Waals surface area contributed by atoms with Crippen LogP contribution in [0.5, 0.6) is 0 Å². The van der Waals surface area contributed by atoms with Gasteiger partial charge in [-0.25, -0.2) is 9.59 Å². The summed E-state index contributed by atoms with van der Waals surface area (Å²) in [6, 6.07) is 0. The van der Waals surface area contributed by atoms with E-state index in [4.69, 9.17) is 11.6 Å². The van der Waals surface area contributed by atoms with Gasteiger partial charge in [-0.2, -0.15) is 0 Å². The second kappa shape index (κ2) is 4.72. The molecular weight excluding hydrogens is 252 g/mol. The molecule has 1 aromatic heterocycles. The van der Waals surface area contributed by atoms with Gasteiger partial charge in [0.25, 0.3) is 5.56 Å². The number of aliphatic hydroxyl groups is 1. The molecule has 0 aromatic carbocycles. The minimum Gasteiger partial charge on any atom is -0.467 e. The second-order valence-electron chi connectivity index (χ2n) is 3.63. The quantitative estimate of drug-likeness (QED) is 0.689. The smallest absolute Gasteiger partial charge is 0.339 e. The van der Waals surface area contributed by atoms with Gasteiger partial charge in [-0.1, -0.05) is 11.6 Å². The molecule has 1 rings (SSSR count). The molecule has 8 heteroatoms. The van der Waals surface area contributed by atoms with Crippen molar-refractivity contribution in [3.05, 3.63) is 32.1 Å². The first-order chi connectivity index (χ1) is 7.77. The number of methoxy groups -OCH3 is 1. The van der Waals surface area contributed by atoms with Gasteiger partial charge in [0.05, 0.1) is 13.7 Å². The van der Waals surface area contributed by atoms with Crippen LogP contribution in [0.15, 0.2) is 15.8 Å². The number of hydrogen-bond acceptors (Lipinski definition) is 5. The normalized spacial score (nSPS) is 14.1. The summed E-state index contributed by atoms with van der Waals surface area (Å²) in [5, 5.41) is 9.53. The Bertz CT molecular complexity index is 545. The minimum absolute atomic E-state index is 0.217. The van der Waals surface area contributed by atoms with Crippen molar-refractivity contribution in [1.29, 1.82) is 0 Å². The minimum atomic E-state index is -1.89. The average Bonchev–Trinajstić information content (AvgIpc) is 2.24. The predicted molar refractivity (Wildman–Crippen MR) is 59.0 cm³/mol. The van der Waals surface area contributed by atoms with Gasteiger partial charge in [-0.05, 0) is 6.92 Å². The summed E-state index contributed by atoms with van der Waals surface area (Å²) in [7, 11) is 1.11. The highest BCUT2D eigenvalue weighted by molar-refractivity contribution is 6.30. The molecule has 0 aliphatic carbocycles. The van der Waals surface area contributed by atoms with Gasteiger partial charge in [0.2, 0.25) is 0 Å². The number of nitrogens with one attached hydrogen (secondary N) is 1. The lowest BCUT2D eigenvalue weighted by atomic mass is 10.1. The average molecular weight is 263 g/mol. The van der Waals surface area contributed by atoms with Crippen LogP contribution in [0.4, 0.5) is 0 Å². The predicted octanol–water partition coefficient (Wildman–Crippen LogP) is -0.886. The van der Waals surface area contributed by atoms with Crippen LogP contribution in [0, 0.1) is 0 Å². The molecule has 2 N–H and O–H groups in total. The van der Waals surface area contributed by atoms with Crippen molar-refractivity contribution in [2.24, 2.45) is 0 Å². The molecule has 0 spiro atoms. The van der Waals surface area contributed by atoms with E-state index in [9.17, 15) is 19.5 Å². The van der Waals surface area contributed by atoms with Gasteiger partial charge < -0.3 is 9.84 Å². The topological polar surface area (TPSA) is 101 Å². The van der Waals surface area contributed by atoms with E-state index in [0.717, 1.165) is 17.9 Å². The fourth-order valence-corrected chi connectivity index (χ4v) is 1.38. The monoisotopic (exact) mass is 262 g/mol. The number of aromatic amines is 1. The van der Waals surface area contributed by atoms with Crippen LogP contribution >= 0.6 is 11.6 Å². The van der Waals surface area contributed by atoms with E-state index < -0.39 is 22.8 Å². The van der Waals surface area contributed by atoms with Crippen molar-refractivity contribution in [3.63, 3.8) is 0 Å². The van der Waals surface area contributed by atoms with Gasteiger partial charge in [0, 0.05) is 6.20 Å². The highest BCUT2D eigenvalue weighted by Crippen LogP contribution is 2.08. The maximum absolute atomic E-state index is 11.4. The van der Waals surface area contributed by atoms with Gasteiger partial charge in [0.15, 0.2) is 5.60 Å². The molecule has 0 saturated carbocycles. The third-order valence-electron chi connectivity index (χ3n) is 2.07. The van der Waals surface area contributed by atoms with Crippen molar-refractivity contribution in [2.45, 2.75) is 19.1 Å². The third kappa shape index (κ3) is 2.95. The van der Waals surface area contributed by atoms with Crippen molar-refractivity contribution in [2.75, 3.05) is 7.11 Å². The maximum Gasteiger partial charge on any atom is 0.339 e.